The Kier molecular flexibility index (Phi) is 3.68. The van der Waals surface area contributed by atoms with Crippen molar-refractivity contribution >= 4 is 17.5 Å². The fourth-order valence-electron chi connectivity index (χ4n) is 2.52. The Morgan fingerprint density at radius 2 is 1.86 bits per heavy atom. The highest BCUT2D eigenvalue weighted by atomic mass is 35.5. The van der Waals surface area contributed by atoms with Crippen LogP contribution in [0.5, 0.6) is 0 Å². The predicted octanol–water partition coefficient (Wildman–Crippen LogP) is 3.40. The van der Waals surface area contributed by atoms with Crippen LogP contribution in [0.3, 0.4) is 0 Å². The lowest BCUT2D eigenvalue weighted by Crippen LogP contribution is -2.38. The van der Waals surface area contributed by atoms with Gasteiger partial charge in [0.05, 0.1) is 11.7 Å². The zero-order valence-corrected chi connectivity index (χ0v) is 12.6. The van der Waals surface area contributed by atoms with E-state index in [0.29, 0.717) is 0 Å². The average molecular weight is 301 g/mol. The molecule has 1 aromatic heterocycles. The van der Waals surface area contributed by atoms with E-state index >= 15 is 0 Å². The van der Waals surface area contributed by atoms with Gasteiger partial charge in [0.25, 0.3) is 0 Å². The van der Waals surface area contributed by atoms with E-state index in [0.717, 1.165) is 24.1 Å². The summed E-state index contributed by atoms with van der Waals surface area (Å²) in [5.41, 5.74) is 1.88. The minimum atomic E-state index is -0.698. The van der Waals surface area contributed by atoms with Crippen molar-refractivity contribution in [2.24, 2.45) is 0 Å². The molecule has 1 heterocycles. The lowest BCUT2D eigenvalue weighted by atomic mass is 10.0. The van der Waals surface area contributed by atoms with Crippen molar-refractivity contribution in [2.45, 2.75) is 23.8 Å². The number of carbonyl (C=O) groups is 1. The van der Waals surface area contributed by atoms with Crippen LogP contribution in [0.4, 0.5) is 0 Å². The van der Waals surface area contributed by atoms with E-state index in [1.165, 1.54) is 0 Å². The minimum absolute atomic E-state index is 0.0244. The molecule has 1 unspecified atom stereocenters. The van der Waals surface area contributed by atoms with Gasteiger partial charge in [-0.25, -0.2) is 0 Å². The fraction of sp³-hybridized carbons (Fsp3) is 0.294. The number of alkyl halides is 1. The van der Waals surface area contributed by atoms with Crippen LogP contribution in [0.15, 0.2) is 54.7 Å². The van der Waals surface area contributed by atoms with Gasteiger partial charge in [-0.05, 0) is 30.5 Å². The normalized spacial score (nSPS) is 17.0. The molecule has 1 aromatic carbocycles. The van der Waals surface area contributed by atoms with Crippen molar-refractivity contribution in [1.82, 2.24) is 9.88 Å². The van der Waals surface area contributed by atoms with Gasteiger partial charge in [-0.1, -0.05) is 36.4 Å². The number of halogens is 1. The first-order valence-corrected chi connectivity index (χ1v) is 7.42. The zero-order chi connectivity index (χ0) is 14.9. The molecule has 1 aliphatic carbocycles. The molecular formula is C17H17ClN2O. The van der Waals surface area contributed by atoms with Crippen LogP contribution in [0.2, 0.25) is 0 Å². The number of hydrogen-bond donors (Lipinski definition) is 0. The molecule has 1 saturated carbocycles. The highest BCUT2D eigenvalue weighted by molar-refractivity contribution is 6.37. The second kappa shape index (κ2) is 5.49. The summed E-state index contributed by atoms with van der Waals surface area (Å²) in [6.07, 6.45) is 3.25. The molecule has 1 amide bonds. The summed E-state index contributed by atoms with van der Waals surface area (Å²) in [7, 11) is 1.80. The van der Waals surface area contributed by atoms with E-state index in [4.69, 9.17) is 11.6 Å². The third-order valence-electron chi connectivity index (χ3n) is 3.86. The molecule has 108 valence electrons. The molecule has 3 rings (SSSR count). The smallest absolute Gasteiger partial charge is 0.244 e. The second-order valence-corrected chi connectivity index (χ2v) is 6.17. The van der Waals surface area contributed by atoms with E-state index < -0.39 is 4.87 Å². The van der Waals surface area contributed by atoms with Gasteiger partial charge in [-0.3, -0.25) is 9.78 Å². The molecule has 0 N–H and O–H groups in total. The first-order chi connectivity index (χ1) is 10.1. The van der Waals surface area contributed by atoms with Crippen molar-refractivity contribution in [3.8, 4) is 0 Å². The number of benzene rings is 1. The second-order valence-electron chi connectivity index (χ2n) is 5.45. The highest BCUT2D eigenvalue weighted by Crippen LogP contribution is 2.45. The van der Waals surface area contributed by atoms with Crippen molar-refractivity contribution in [3.63, 3.8) is 0 Å². The van der Waals surface area contributed by atoms with Crippen LogP contribution < -0.4 is 0 Å². The SMILES string of the molecule is CN(C(=O)C1(Cl)CC1)C(c1ccccc1)c1ccccn1. The highest BCUT2D eigenvalue weighted by Gasteiger charge is 2.50. The molecule has 1 atom stereocenters. The molecule has 1 fully saturated rings. The summed E-state index contributed by atoms with van der Waals surface area (Å²) in [4.78, 5) is 18.0. The molecular weight excluding hydrogens is 284 g/mol. The topological polar surface area (TPSA) is 33.2 Å². The first kappa shape index (κ1) is 14.1. The van der Waals surface area contributed by atoms with Crippen molar-refractivity contribution in [3.05, 3.63) is 66.0 Å². The Morgan fingerprint density at radius 3 is 2.43 bits per heavy atom. The Morgan fingerprint density at radius 1 is 1.19 bits per heavy atom. The number of pyridine rings is 1. The molecule has 2 aromatic rings. The van der Waals surface area contributed by atoms with E-state index in [2.05, 4.69) is 4.98 Å². The number of aromatic nitrogens is 1. The van der Waals surface area contributed by atoms with Crippen molar-refractivity contribution in [1.29, 1.82) is 0 Å². The Labute approximate surface area is 129 Å². The average Bonchev–Trinajstić information content (AvgIpc) is 3.28. The van der Waals surface area contributed by atoms with Gasteiger partial charge in [0, 0.05) is 13.2 Å². The standard InChI is InChI=1S/C17H17ClN2O/c1-20(16(21)17(18)10-11-17)15(13-7-3-2-4-8-13)14-9-5-6-12-19-14/h2-9,12,15H,10-11H2,1H3. The van der Waals surface area contributed by atoms with Crippen molar-refractivity contribution in [2.75, 3.05) is 7.05 Å². The van der Waals surface area contributed by atoms with Crippen LogP contribution >= 0.6 is 11.6 Å². The van der Waals surface area contributed by atoms with Gasteiger partial charge in [0.15, 0.2) is 0 Å². The number of nitrogens with zero attached hydrogens (tertiary/aromatic N) is 2. The van der Waals surface area contributed by atoms with Crippen LogP contribution in [0.1, 0.15) is 30.1 Å². The number of hydrogen-bond acceptors (Lipinski definition) is 2. The van der Waals surface area contributed by atoms with Crippen LogP contribution in [-0.2, 0) is 4.79 Å². The number of carbonyl (C=O) groups excluding carboxylic acids is 1. The maximum atomic E-state index is 12.6. The first-order valence-electron chi connectivity index (χ1n) is 7.04. The Balaban J connectivity index is 1.98. The van der Waals surface area contributed by atoms with E-state index in [-0.39, 0.29) is 11.9 Å². The minimum Gasteiger partial charge on any atom is -0.332 e. The molecule has 0 aliphatic heterocycles. The lowest BCUT2D eigenvalue weighted by molar-refractivity contribution is -0.131. The predicted molar refractivity (Wildman–Crippen MR) is 83.1 cm³/mol. The van der Waals surface area contributed by atoms with E-state index in [1.807, 2.05) is 48.5 Å². The fourth-order valence-corrected chi connectivity index (χ4v) is 2.75. The summed E-state index contributed by atoms with van der Waals surface area (Å²) < 4.78 is 0. The third-order valence-corrected chi connectivity index (χ3v) is 4.40. The summed E-state index contributed by atoms with van der Waals surface area (Å²) in [6.45, 7) is 0. The van der Waals surface area contributed by atoms with Gasteiger partial charge in [-0.2, -0.15) is 0 Å². The van der Waals surface area contributed by atoms with Gasteiger partial charge >= 0.3 is 0 Å². The van der Waals surface area contributed by atoms with Crippen LogP contribution in [0, 0.1) is 0 Å². The Bertz CT molecular complexity index is 586. The Hall–Kier alpha value is -1.87. The molecule has 0 bridgehead atoms. The maximum Gasteiger partial charge on any atom is 0.244 e. The zero-order valence-electron chi connectivity index (χ0n) is 11.9. The molecule has 0 saturated heterocycles. The summed E-state index contributed by atoms with van der Waals surface area (Å²) in [6, 6.07) is 15.5. The van der Waals surface area contributed by atoms with Gasteiger partial charge in [-0.15, -0.1) is 11.6 Å². The number of rotatable bonds is 4. The third kappa shape index (κ3) is 2.79. The molecule has 1 aliphatic rings. The molecule has 0 radical (unpaired) electrons. The van der Waals surface area contributed by atoms with Crippen LogP contribution in [0.25, 0.3) is 0 Å². The largest absolute Gasteiger partial charge is 0.332 e. The van der Waals surface area contributed by atoms with Gasteiger partial charge in [0.1, 0.15) is 4.87 Å². The lowest BCUT2D eigenvalue weighted by Gasteiger charge is -2.30. The molecule has 21 heavy (non-hydrogen) atoms. The number of amides is 1. The molecule has 0 spiro atoms. The van der Waals surface area contributed by atoms with Crippen molar-refractivity contribution < 1.29 is 4.79 Å². The summed E-state index contributed by atoms with van der Waals surface area (Å²) in [5, 5.41) is 0. The monoisotopic (exact) mass is 300 g/mol. The molecule has 4 heteroatoms. The summed E-state index contributed by atoms with van der Waals surface area (Å²) >= 11 is 6.30. The quantitative estimate of drug-likeness (QED) is 0.811. The van der Waals surface area contributed by atoms with Crippen LogP contribution in [-0.4, -0.2) is 27.7 Å². The van der Waals surface area contributed by atoms with E-state index in [9.17, 15) is 4.79 Å². The van der Waals surface area contributed by atoms with Gasteiger partial charge < -0.3 is 4.90 Å². The summed E-state index contributed by atoms with van der Waals surface area (Å²) in [5.74, 6) is -0.0244. The maximum absolute atomic E-state index is 12.6. The molecule has 3 nitrogen and oxygen atoms in total. The van der Waals surface area contributed by atoms with E-state index in [1.54, 1.807) is 18.1 Å². The van der Waals surface area contributed by atoms with Gasteiger partial charge in [0.2, 0.25) is 5.91 Å².